The zero-order valence-corrected chi connectivity index (χ0v) is 15.3. The minimum absolute atomic E-state index is 0.0279. The zero-order chi connectivity index (χ0) is 17.5. The van der Waals surface area contributed by atoms with Crippen LogP contribution in [0.3, 0.4) is 0 Å². The van der Waals surface area contributed by atoms with E-state index < -0.39 is 0 Å². The SMILES string of the molecule is O=C(NC1CN2CCC1CC2)c1cc(-c2cccs2)nc2ccccc12. The van der Waals surface area contributed by atoms with E-state index in [0.717, 1.165) is 33.6 Å². The lowest BCUT2D eigenvalue weighted by atomic mass is 9.84. The molecule has 1 atom stereocenters. The van der Waals surface area contributed by atoms with Crippen LogP contribution in [0.2, 0.25) is 0 Å². The number of para-hydroxylation sites is 1. The highest BCUT2D eigenvalue weighted by Crippen LogP contribution is 2.30. The molecule has 1 aromatic carbocycles. The van der Waals surface area contributed by atoms with Gasteiger partial charge in [-0.3, -0.25) is 4.79 Å². The van der Waals surface area contributed by atoms with E-state index in [-0.39, 0.29) is 11.9 Å². The van der Waals surface area contributed by atoms with Crippen molar-refractivity contribution in [2.24, 2.45) is 5.92 Å². The van der Waals surface area contributed by atoms with Crippen LogP contribution in [-0.2, 0) is 0 Å². The fourth-order valence-electron chi connectivity index (χ4n) is 4.29. The summed E-state index contributed by atoms with van der Waals surface area (Å²) in [6.45, 7) is 3.34. The minimum atomic E-state index is 0.0279. The third-order valence-electron chi connectivity index (χ3n) is 5.71. The molecule has 3 aliphatic heterocycles. The smallest absolute Gasteiger partial charge is 0.252 e. The van der Waals surface area contributed by atoms with Gasteiger partial charge >= 0.3 is 0 Å². The van der Waals surface area contributed by atoms with Crippen LogP contribution in [0, 0.1) is 5.92 Å². The van der Waals surface area contributed by atoms with Crippen LogP contribution in [0.25, 0.3) is 21.5 Å². The Morgan fingerprint density at radius 1 is 1.15 bits per heavy atom. The molecule has 3 saturated heterocycles. The summed E-state index contributed by atoms with van der Waals surface area (Å²) in [6, 6.07) is 14.2. The minimum Gasteiger partial charge on any atom is -0.348 e. The van der Waals surface area contributed by atoms with Crippen LogP contribution in [0.5, 0.6) is 0 Å². The monoisotopic (exact) mass is 363 g/mol. The van der Waals surface area contributed by atoms with Crippen LogP contribution >= 0.6 is 11.3 Å². The van der Waals surface area contributed by atoms with Gasteiger partial charge in [0.15, 0.2) is 0 Å². The number of benzene rings is 1. The van der Waals surface area contributed by atoms with E-state index in [0.29, 0.717) is 5.92 Å². The Hall–Kier alpha value is -2.24. The van der Waals surface area contributed by atoms with E-state index in [4.69, 9.17) is 4.98 Å². The van der Waals surface area contributed by atoms with Gasteiger partial charge < -0.3 is 10.2 Å². The van der Waals surface area contributed by atoms with Gasteiger partial charge in [0, 0.05) is 18.0 Å². The standard InChI is InChI=1S/C21H21N3OS/c25-21(23-19-13-24-9-7-14(19)8-10-24)16-12-18(20-6-3-11-26-20)22-17-5-2-1-4-15(16)17/h1-6,11-12,14,19H,7-10,13H2,(H,23,25). The number of piperidine rings is 3. The highest BCUT2D eigenvalue weighted by atomic mass is 32.1. The first-order valence-electron chi connectivity index (χ1n) is 9.25. The van der Waals surface area contributed by atoms with Crippen LogP contribution in [-0.4, -0.2) is 41.5 Å². The topological polar surface area (TPSA) is 45.2 Å². The van der Waals surface area contributed by atoms with Crippen molar-refractivity contribution in [3.05, 3.63) is 53.4 Å². The lowest BCUT2D eigenvalue weighted by Crippen LogP contribution is -2.57. The van der Waals surface area contributed by atoms with Gasteiger partial charge in [0.05, 0.1) is 21.7 Å². The first-order valence-corrected chi connectivity index (χ1v) is 10.1. The largest absolute Gasteiger partial charge is 0.348 e. The van der Waals surface area contributed by atoms with Crippen molar-refractivity contribution in [2.45, 2.75) is 18.9 Å². The van der Waals surface area contributed by atoms with Crippen molar-refractivity contribution >= 4 is 28.1 Å². The van der Waals surface area contributed by atoms with Gasteiger partial charge in [-0.1, -0.05) is 24.3 Å². The van der Waals surface area contributed by atoms with E-state index in [9.17, 15) is 4.79 Å². The van der Waals surface area contributed by atoms with Gasteiger partial charge in [0.1, 0.15) is 0 Å². The van der Waals surface area contributed by atoms with Gasteiger partial charge in [0.25, 0.3) is 5.91 Å². The van der Waals surface area contributed by atoms with Crippen LogP contribution < -0.4 is 5.32 Å². The van der Waals surface area contributed by atoms with Crippen LogP contribution in [0.1, 0.15) is 23.2 Å². The summed E-state index contributed by atoms with van der Waals surface area (Å²) in [4.78, 5) is 21.5. The highest BCUT2D eigenvalue weighted by molar-refractivity contribution is 7.13. The molecule has 0 spiro atoms. The summed E-state index contributed by atoms with van der Waals surface area (Å²) >= 11 is 1.65. The van der Waals surface area contributed by atoms with Crippen molar-refractivity contribution in [3.8, 4) is 10.6 Å². The number of rotatable bonds is 3. The summed E-state index contributed by atoms with van der Waals surface area (Å²) < 4.78 is 0. The number of thiophene rings is 1. The molecular formula is C21H21N3OS. The maximum absolute atomic E-state index is 13.2. The number of hydrogen-bond donors (Lipinski definition) is 1. The first kappa shape index (κ1) is 16.0. The maximum Gasteiger partial charge on any atom is 0.252 e. The quantitative estimate of drug-likeness (QED) is 0.770. The summed E-state index contributed by atoms with van der Waals surface area (Å²) in [7, 11) is 0. The maximum atomic E-state index is 13.2. The molecule has 6 rings (SSSR count). The number of nitrogens with zero attached hydrogens (tertiary/aromatic N) is 2. The summed E-state index contributed by atoms with van der Waals surface area (Å²) in [5.41, 5.74) is 2.48. The van der Waals surface area contributed by atoms with E-state index in [1.807, 2.05) is 41.8 Å². The Labute approximate surface area is 156 Å². The fraction of sp³-hybridized carbons (Fsp3) is 0.333. The predicted molar refractivity (Wildman–Crippen MR) is 105 cm³/mol. The van der Waals surface area contributed by atoms with E-state index >= 15 is 0 Å². The van der Waals surface area contributed by atoms with Gasteiger partial charge in [-0.2, -0.15) is 0 Å². The molecule has 132 valence electrons. The molecule has 2 bridgehead atoms. The van der Waals surface area contributed by atoms with Crippen molar-refractivity contribution in [2.75, 3.05) is 19.6 Å². The number of hydrogen-bond acceptors (Lipinski definition) is 4. The van der Waals surface area contributed by atoms with Crippen molar-refractivity contribution < 1.29 is 4.79 Å². The second kappa shape index (κ2) is 6.49. The Morgan fingerprint density at radius 2 is 2.00 bits per heavy atom. The molecule has 5 heterocycles. The Bertz CT molecular complexity index is 945. The number of nitrogens with one attached hydrogen (secondary N) is 1. The molecule has 26 heavy (non-hydrogen) atoms. The van der Waals surface area contributed by atoms with Crippen LogP contribution in [0.15, 0.2) is 47.8 Å². The first-order chi connectivity index (χ1) is 12.8. The molecular weight excluding hydrogens is 342 g/mol. The Balaban J connectivity index is 1.51. The molecule has 0 aliphatic carbocycles. The number of fused-ring (bicyclic) bond motifs is 4. The molecule has 4 nitrogen and oxygen atoms in total. The van der Waals surface area contributed by atoms with Crippen molar-refractivity contribution in [3.63, 3.8) is 0 Å². The van der Waals surface area contributed by atoms with Crippen molar-refractivity contribution in [1.82, 2.24) is 15.2 Å². The zero-order valence-electron chi connectivity index (χ0n) is 14.5. The lowest BCUT2D eigenvalue weighted by molar-refractivity contribution is 0.0621. The Morgan fingerprint density at radius 3 is 2.73 bits per heavy atom. The summed E-state index contributed by atoms with van der Waals surface area (Å²) in [6.07, 6.45) is 2.39. The van der Waals surface area contributed by atoms with Crippen molar-refractivity contribution in [1.29, 1.82) is 0 Å². The van der Waals surface area contributed by atoms with E-state index in [1.165, 1.54) is 25.9 Å². The van der Waals surface area contributed by atoms with Gasteiger partial charge in [-0.05, 0) is 55.4 Å². The second-order valence-corrected chi connectivity index (χ2v) is 8.22. The molecule has 3 fully saturated rings. The number of carbonyl (C=O) groups excluding carboxylic acids is 1. The molecule has 1 unspecified atom stereocenters. The third-order valence-corrected chi connectivity index (χ3v) is 6.60. The molecule has 0 saturated carbocycles. The highest BCUT2D eigenvalue weighted by Gasteiger charge is 2.35. The molecule has 2 aromatic heterocycles. The number of amides is 1. The van der Waals surface area contributed by atoms with Gasteiger partial charge in [0.2, 0.25) is 0 Å². The normalized spacial score (nSPS) is 24.7. The molecule has 1 amide bonds. The average molecular weight is 363 g/mol. The average Bonchev–Trinajstić information content (AvgIpc) is 3.23. The number of carbonyl (C=O) groups is 1. The van der Waals surface area contributed by atoms with E-state index in [1.54, 1.807) is 11.3 Å². The van der Waals surface area contributed by atoms with E-state index in [2.05, 4.69) is 16.3 Å². The number of aromatic nitrogens is 1. The molecule has 3 aromatic rings. The van der Waals surface area contributed by atoms with Crippen LogP contribution in [0.4, 0.5) is 0 Å². The third kappa shape index (κ3) is 2.81. The Kier molecular flexibility index (Phi) is 3.98. The lowest BCUT2D eigenvalue weighted by Gasteiger charge is -2.44. The second-order valence-electron chi connectivity index (χ2n) is 7.27. The summed E-state index contributed by atoms with van der Waals surface area (Å²) in [5, 5.41) is 6.29. The predicted octanol–water partition coefficient (Wildman–Crippen LogP) is 3.79. The number of pyridine rings is 1. The molecule has 5 heteroatoms. The molecule has 3 aliphatic rings. The summed E-state index contributed by atoms with van der Waals surface area (Å²) in [5.74, 6) is 0.647. The molecule has 1 N–H and O–H groups in total. The molecule has 0 radical (unpaired) electrons. The fourth-order valence-corrected chi connectivity index (χ4v) is 4.97. The van der Waals surface area contributed by atoms with Gasteiger partial charge in [-0.25, -0.2) is 4.98 Å². The van der Waals surface area contributed by atoms with Gasteiger partial charge in [-0.15, -0.1) is 11.3 Å².